The van der Waals surface area contributed by atoms with E-state index >= 15 is 0 Å². The highest BCUT2D eigenvalue weighted by Gasteiger charge is 1.99. The summed E-state index contributed by atoms with van der Waals surface area (Å²) in [5.41, 5.74) is 8.54. The summed E-state index contributed by atoms with van der Waals surface area (Å²) in [4.78, 5) is 0. The molecule has 0 saturated heterocycles. The molecule has 0 saturated carbocycles. The smallest absolute Gasteiger partial charge is 0.0991 e. The largest absolute Gasteiger partial charge is 0.326 e. The molecule has 62 valence electrons. The van der Waals surface area contributed by atoms with Gasteiger partial charge in [-0.25, -0.2) is 0 Å². The maximum Gasteiger partial charge on any atom is 0.0991 e. The van der Waals surface area contributed by atoms with Gasteiger partial charge in [-0.3, -0.25) is 0 Å². The van der Waals surface area contributed by atoms with Gasteiger partial charge in [-0.05, 0) is 29.7 Å². The van der Waals surface area contributed by atoms with Crippen LogP contribution in [0.15, 0.2) is 18.2 Å². The van der Waals surface area contributed by atoms with Gasteiger partial charge in [0.2, 0.25) is 0 Å². The van der Waals surface area contributed by atoms with Crippen LogP contribution in [-0.4, -0.2) is 0 Å². The molecule has 0 spiro atoms. The Morgan fingerprint density at radius 1 is 1.42 bits per heavy atom. The maximum absolute atomic E-state index is 8.63. The highest BCUT2D eigenvalue weighted by atomic mass is 14.5. The van der Waals surface area contributed by atoms with E-state index in [-0.39, 0.29) is 0 Å². The SMILES string of the molecule is CCc1ccc(C#N)cc1CN. The highest BCUT2D eigenvalue weighted by Crippen LogP contribution is 2.11. The van der Waals surface area contributed by atoms with Crippen LogP contribution >= 0.6 is 0 Å². The molecule has 0 aliphatic carbocycles. The molecule has 0 unspecified atom stereocenters. The lowest BCUT2D eigenvalue weighted by Gasteiger charge is -2.04. The van der Waals surface area contributed by atoms with Crippen LogP contribution in [0.3, 0.4) is 0 Å². The Morgan fingerprint density at radius 3 is 2.67 bits per heavy atom. The third kappa shape index (κ3) is 1.63. The number of benzene rings is 1. The Balaban J connectivity index is 3.13. The van der Waals surface area contributed by atoms with Gasteiger partial charge in [-0.2, -0.15) is 5.26 Å². The van der Waals surface area contributed by atoms with E-state index in [4.69, 9.17) is 11.0 Å². The van der Waals surface area contributed by atoms with Crippen molar-refractivity contribution >= 4 is 0 Å². The van der Waals surface area contributed by atoms with E-state index in [9.17, 15) is 0 Å². The van der Waals surface area contributed by atoms with Gasteiger partial charge in [0.15, 0.2) is 0 Å². The minimum atomic E-state index is 0.513. The Hall–Kier alpha value is -1.33. The fraction of sp³-hybridized carbons (Fsp3) is 0.300. The minimum Gasteiger partial charge on any atom is -0.326 e. The second-order valence-corrected chi connectivity index (χ2v) is 2.65. The van der Waals surface area contributed by atoms with Crippen molar-refractivity contribution in [3.05, 3.63) is 34.9 Å². The number of nitrogens with two attached hydrogens (primary N) is 1. The van der Waals surface area contributed by atoms with Crippen LogP contribution in [0.4, 0.5) is 0 Å². The van der Waals surface area contributed by atoms with Crippen molar-refractivity contribution in [2.45, 2.75) is 19.9 Å². The zero-order valence-corrected chi connectivity index (χ0v) is 7.17. The van der Waals surface area contributed by atoms with Gasteiger partial charge in [0.05, 0.1) is 11.6 Å². The number of hydrogen-bond acceptors (Lipinski definition) is 2. The van der Waals surface area contributed by atoms with Gasteiger partial charge >= 0.3 is 0 Å². The van der Waals surface area contributed by atoms with Gasteiger partial charge < -0.3 is 5.73 Å². The highest BCUT2D eigenvalue weighted by molar-refractivity contribution is 5.38. The van der Waals surface area contributed by atoms with Crippen molar-refractivity contribution < 1.29 is 0 Å². The molecular formula is C10H12N2. The van der Waals surface area contributed by atoms with Gasteiger partial charge in [-0.1, -0.05) is 13.0 Å². The average Bonchev–Trinajstić information content (AvgIpc) is 2.16. The van der Waals surface area contributed by atoms with Gasteiger partial charge in [0, 0.05) is 6.54 Å². The summed E-state index contributed by atoms with van der Waals surface area (Å²) in [6.45, 7) is 2.60. The first-order chi connectivity index (χ1) is 5.81. The zero-order valence-electron chi connectivity index (χ0n) is 7.17. The van der Waals surface area contributed by atoms with Crippen molar-refractivity contribution in [3.8, 4) is 6.07 Å². The molecule has 2 heteroatoms. The Labute approximate surface area is 72.6 Å². The fourth-order valence-corrected chi connectivity index (χ4v) is 1.23. The van der Waals surface area contributed by atoms with Crippen molar-refractivity contribution in [2.75, 3.05) is 0 Å². The standard InChI is InChI=1S/C10H12N2/c1-2-9-4-3-8(6-11)5-10(9)7-12/h3-5H,2,7,12H2,1H3. The van der Waals surface area contributed by atoms with E-state index in [0.29, 0.717) is 12.1 Å². The van der Waals surface area contributed by atoms with E-state index in [2.05, 4.69) is 13.0 Å². The third-order valence-corrected chi connectivity index (χ3v) is 1.94. The summed E-state index contributed by atoms with van der Waals surface area (Å²) in [5, 5.41) is 8.63. The van der Waals surface area contributed by atoms with Crippen LogP contribution in [0.5, 0.6) is 0 Å². The molecule has 0 aliphatic rings. The quantitative estimate of drug-likeness (QED) is 0.714. The molecule has 0 fully saturated rings. The number of nitriles is 1. The summed E-state index contributed by atoms with van der Waals surface area (Å²) < 4.78 is 0. The molecule has 0 radical (unpaired) electrons. The molecule has 0 bridgehead atoms. The summed E-state index contributed by atoms with van der Waals surface area (Å²) >= 11 is 0. The second-order valence-electron chi connectivity index (χ2n) is 2.65. The predicted octanol–water partition coefficient (Wildman–Crippen LogP) is 1.58. The predicted molar refractivity (Wildman–Crippen MR) is 48.4 cm³/mol. The lowest BCUT2D eigenvalue weighted by atomic mass is 10.0. The van der Waals surface area contributed by atoms with Crippen LogP contribution < -0.4 is 5.73 Å². The molecule has 0 heterocycles. The third-order valence-electron chi connectivity index (χ3n) is 1.94. The van der Waals surface area contributed by atoms with Crippen LogP contribution in [-0.2, 0) is 13.0 Å². The van der Waals surface area contributed by atoms with Crippen LogP contribution in [0.1, 0.15) is 23.6 Å². The summed E-state index contributed by atoms with van der Waals surface area (Å²) in [6.07, 6.45) is 0.970. The number of rotatable bonds is 2. The minimum absolute atomic E-state index is 0.513. The van der Waals surface area contributed by atoms with Crippen molar-refractivity contribution in [3.63, 3.8) is 0 Å². The lowest BCUT2D eigenvalue weighted by Crippen LogP contribution is -2.01. The number of hydrogen-bond donors (Lipinski definition) is 1. The first kappa shape index (κ1) is 8.76. The summed E-state index contributed by atoms with van der Waals surface area (Å²) in [5.74, 6) is 0. The van der Waals surface area contributed by atoms with Crippen LogP contribution in [0, 0.1) is 11.3 Å². The van der Waals surface area contributed by atoms with Gasteiger partial charge in [-0.15, -0.1) is 0 Å². The van der Waals surface area contributed by atoms with Crippen LogP contribution in [0.25, 0.3) is 0 Å². The molecule has 0 aromatic heterocycles. The molecule has 0 aliphatic heterocycles. The molecule has 0 atom stereocenters. The number of nitrogens with zero attached hydrogens (tertiary/aromatic N) is 1. The van der Waals surface area contributed by atoms with E-state index < -0.39 is 0 Å². The van der Waals surface area contributed by atoms with Crippen molar-refractivity contribution in [2.24, 2.45) is 5.73 Å². The molecule has 1 aromatic rings. The molecule has 1 aromatic carbocycles. The monoisotopic (exact) mass is 160 g/mol. The van der Waals surface area contributed by atoms with Gasteiger partial charge in [0.1, 0.15) is 0 Å². The molecule has 0 amide bonds. The van der Waals surface area contributed by atoms with E-state index in [1.54, 1.807) is 0 Å². The maximum atomic E-state index is 8.63. The van der Waals surface area contributed by atoms with Crippen molar-refractivity contribution in [1.29, 1.82) is 5.26 Å². The van der Waals surface area contributed by atoms with E-state index in [0.717, 1.165) is 12.0 Å². The van der Waals surface area contributed by atoms with Crippen LogP contribution in [0.2, 0.25) is 0 Å². The number of aryl methyl sites for hydroxylation is 1. The topological polar surface area (TPSA) is 49.8 Å². The zero-order chi connectivity index (χ0) is 8.97. The normalized spacial score (nSPS) is 9.42. The molecule has 1 rings (SSSR count). The molecule has 2 N–H and O–H groups in total. The first-order valence-corrected chi connectivity index (χ1v) is 4.03. The first-order valence-electron chi connectivity index (χ1n) is 4.03. The molecular weight excluding hydrogens is 148 g/mol. The Kier molecular flexibility index (Phi) is 2.84. The average molecular weight is 160 g/mol. The molecule has 12 heavy (non-hydrogen) atoms. The Morgan fingerprint density at radius 2 is 2.17 bits per heavy atom. The van der Waals surface area contributed by atoms with Crippen molar-refractivity contribution in [1.82, 2.24) is 0 Å². The fourth-order valence-electron chi connectivity index (χ4n) is 1.23. The Bertz CT molecular complexity index is 310. The lowest BCUT2D eigenvalue weighted by molar-refractivity contribution is 1.00. The van der Waals surface area contributed by atoms with E-state index in [1.807, 2.05) is 18.2 Å². The second kappa shape index (κ2) is 3.89. The summed E-state index contributed by atoms with van der Waals surface area (Å²) in [6, 6.07) is 7.76. The van der Waals surface area contributed by atoms with E-state index in [1.165, 1.54) is 5.56 Å². The van der Waals surface area contributed by atoms with Gasteiger partial charge in [0.25, 0.3) is 0 Å². The summed E-state index contributed by atoms with van der Waals surface area (Å²) in [7, 11) is 0. The molecule has 2 nitrogen and oxygen atoms in total.